The Hall–Kier alpha value is -0.980. The second-order valence-electron chi connectivity index (χ2n) is 4.40. The highest BCUT2D eigenvalue weighted by molar-refractivity contribution is 7.89. The molecule has 0 bridgehead atoms. The Labute approximate surface area is 115 Å². The third kappa shape index (κ3) is 5.67. The third-order valence-corrected chi connectivity index (χ3v) is 4.77. The molecule has 1 heterocycles. The van der Waals surface area contributed by atoms with Crippen molar-refractivity contribution in [3.05, 3.63) is 30.1 Å². The number of aliphatic hydroxyl groups is 1. The molecule has 5 nitrogen and oxygen atoms in total. The monoisotopic (exact) mass is 286 g/mol. The van der Waals surface area contributed by atoms with Gasteiger partial charge in [0.2, 0.25) is 10.0 Å². The number of hydrogen-bond acceptors (Lipinski definition) is 4. The number of hydrogen-bond donors (Lipinski definition) is 1. The quantitative estimate of drug-likeness (QED) is 0.736. The Balaban J connectivity index is 2.61. The fraction of sp³-hybridized carbons (Fsp3) is 0.615. The standard InChI is InChI=1S/C13H22N2O3S/c1-2-3-9-15(10-11-16)19(17,18)12-6-13-4-7-14-8-5-13/h4-5,7-8,16H,2-3,6,9-12H2,1H3. The van der Waals surface area contributed by atoms with Crippen LogP contribution < -0.4 is 0 Å². The van der Waals surface area contributed by atoms with Crippen LogP contribution in [-0.4, -0.2) is 48.3 Å². The Morgan fingerprint density at radius 2 is 1.95 bits per heavy atom. The van der Waals surface area contributed by atoms with Gasteiger partial charge in [-0.25, -0.2) is 8.42 Å². The molecule has 0 aliphatic heterocycles. The lowest BCUT2D eigenvalue weighted by atomic mass is 10.2. The zero-order chi connectivity index (χ0) is 14.1. The predicted molar refractivity (Wildman–Crippen MR) is 75.3 cm³/mol. The molecule has 0 atom stereocenters. The van der Waals surface area contributed by atoms with Crippen LogP contribution in [0.4, 0.5) is 0 Å². The van der Waals surface area contributed by atoms with Crippen LogP contribution in [-0.2, 0) is 16.4 Å². The van der Waals surface area contributed by atoms with Gasteiger partial charge in [0.15, 0.2) is 0 Å². The highest BCUT2D eigenvalue weighted by Gasteiger charge is 2.20. The summed E-state index contributed by atoms with van der Waals surface area (Å²) in [4.78, 5) is 3.90. The first kappa shape index (κ1) is 16.1. The molecule has 0 aromatic carbocycles. The average molecular weight is 286 g/mol. The van der Waals surface area contributed by atoms with E-state index in [1.165, 1.54) is 4.31 Å². The van der Waals surface area contributed by atoms with Gasteiger partial charge >= 0.3 is 0 Å². The van der Waals surface area contributed by atoms with Crippen LogP contribution in [0.1, 0.15) is 25.3 Å². The van der Waals surface area contributed by atoms with E-state index in [1.54, 1.807) is 12.4 Å². The van der Waals surface area contributed by atoms with E-state index in [9.17, 15) is 8.42 Å². The number of aliphatic hydroxyl groups excluding tert-OH is 1. The molecule has 1 N–H and O–H groups in total. The number of rotatable bonds is 9. The van der Waals surface area contributed by atoms with Crippen molar-refractivity contribution in [2.45, 2.75) is 26.2 Å². The predicted octanol–water partition coefficient (Wildman–Crippen LogP) is 1.05. The summed E-state index contributed by atoms with van der Waals surface area (Å²) in [6.45, 7) is 2.54. The normalized spacial score (nSPS) is 11.9. The van der Waals surface area contributed by atoms with Crippen molar-refractivity contribution in [1.29, 1.82) is 0 Å². The van der Waals surface area contributed by atoms with Gasteiger partial charge in [-0.05, 0) is 30.5 Å². The molecule has 0 unspecified atom stereocenters. The first-order valence-corrected chi connectivity index (χ1v) is 8.18. The Kier molecular flexibility index (Phi) is 6.97. The lowest BCUT2D eigenvalue weighted by molar-refractivity contribution is 0.252. The molecular weight excluding hydrogens is 264 g/mol. The summed E-state index contributed by atoms with van der Waals surface area (Å²) in [6.07, 6.45) is 5.53. The van der Waals surface area contributed by atoms with Gasteiger partial charge in [-0.3, -0.25) is 4.98 Å². The fourth-order valence-electron chi connectivity index (χ4n) is 1.76. The topological polar surface area (TPSA) is 70.5 Å². The average Bonchev–Trinajstić information content (AvgIpc) is 2.42. The number of aryl methyl sites for hydroxylation is 1. The van der Waals surface area contributed by atoms with Crippen molar-refractivity contribution >= 4 is 10.0 Å². The number of unbranched alkanes of at least 4 members (excludes halogenated alkanes) is 1. The lowest BCUT2D eigenvalue weighted by Gasteiger charge is -2.21. The van der Waals surface area contributed by atoms with Gasteiger partial charge in [0.1, 0.15) is 0 Å². The van der Waals surface area contributed by atoms with Crippen molar-refractivity contribution in [2.24, 2.45) is 0 Å². The van der Waals surface area contributed by atoms with Crippen LogP contribution in [0.2, 0.25) is 0 Å². The molecule has 0 saturated heterocycles. The molecule has 1 aromatic rings. The molecule has 0 amide bonds. The van der Waals surface area contributed by atoms with Gasteiger partial charge in [-0.15, -0.1) is 0 Å². The van der Waals surface area contributed by atoms with Crippen LogP contribution in [0.25, 0.3) is 0 Å². The van der Waals surface area contributed by atoms with Gasteiger partial charge in [0, 0.05) is 25.5 Å². The number of aromatic nitrogens is 1. The molecule has 0 aliphatic carbocycles. The smallest absolute Gasteiger partial charge is 0.214 e. The number of nitrogens with zero attached hydrogens (tertiary/aromatic N) is 2. The summed E-state index contributed by atoms with van der Waals surface area (Å²) >= 11 is 0. The van der Waals surface area contributed by atoms with Crippen LogP contribution in [0.3, 0.4) is 0 Å². The van der Waals surface area contributed by atoms with Crippen molar-refractivity contribution in [1.82, 2.24) is 9.29 Å². The highest BCUT2D eigenvalue weighted by atomic mass is 32.2. The van der Waals surface area contributed by atoms with Crippen LogP contribution in [0.15, 0.2) is 24.5 Å². The van der Waals surface area contributed by atoms with E-state index in [0.717, 1.165) is 18.4 Å². The molecule has 0 fully saturated rings. The minimum Gasteiger partial charge on any atom is -0.395 e. The Morgan fingerprint density at radius 1 is 1.26 bits per heavy atom. The summed E-state index contributed by atoms with van der Waals surface area (Å²) < 4.78 is 25.8. The first-order valence-electron chi connectivity index (χ1n) is 6.57. The summed E-state index contributed by atoms with van der Waals surface area (Å²) in [5, 5.41) is 8.97. The minimum absolute atomic E-state index is 0.0702. The lowest BCUT2D eigenvalue weighted by Crippen LogP contribution is -2.36. The molecule has 1 aromatic heterocycles. The molecule has 1 rings (SSSR count). The Morgan fingerprint density at radius 3 is 2.53 bits per heavy atom. The van der Waals surface area contributed by atoms with Gasteiger partial charge in [0.05, 0.1) is 12.4 Å². The Bertz CT molecular complexity index is 448. The van der Waals surface area contributed by atoms with E-state index in [4.69, 9.17) is 5.11 Å². The summed E-state index contributed by atoms with van der Waals surface area (Å²) in [5.74, 6) is 0.0702. The molecule has 6 heteroatoms. The van der Waals surface area contributed by atoms with Gasteiger partial charge in [-0.2, -0.15) is 4.31 Å². The van der Waals surface area contributed by atoms with E-state index < -0.39 is 10.0 Å². The first-order chi connectivity index (χ1) is 9.10. The van der Waals surface area contributed by atoms with Crippen molar-refractivity contribution in [3.63, 3.8) is 0 Å². The van der Waals surface area contributed by atoms with Gasteiger partial charge < -0.3 is 5.11 Å². The molecule has 0 aliphatic rings. The zero-order valence-electron chi connectivity index (χ0n) is 11.3. The van der Waals surface area contributed by atoms with E-state index in [1.807, 2.05) is 19.1 Å². The van der Waals surface area contributed by atoms with Gasteiger partial charge in [-0.1, -0.05) is 13.3 Å². The molecular formula is C13H22N2O3S. The summed E-state index contributed by atoms with van der Waals surface area (Å²) in [5.41, 5.74) is 0.956. The SMILES string of the molecule is CCCCN(CCO)S(=O)(=O)CCc1ccncc1. The van der Waals surface area contributed by atoms with Crippen LogP contribution >= 0.6 is 0 Å². The van der Waals surface area contributed by atoms with Crippen LogP contribution in [0, 0.1) is 0 Å². The van der Waals surface area contributed by atoms with E-state index in [0.29, 0.717) is 13.0 Å². The van der Waals surface area contributed by atoms with E-state index in [2.05, 4.69) is 4.98 Å². The summed E-state index contributed by atoms with van der Waals surface area (Å²) in [6, 6.07) is 3.63. The van der Waals surface area contributed by atoms with Crippen molar-refractivity contribution in [3.8, 4) is 0 Å². The molecule has 0 spiro atoms. The maximum Gasteiger partial charge on any atom is 0.214 e. The third-order valence-electron chi connectivity index (χ3n) is 2.90. The molecule has 19 heavy (non-hydrogen) atoms. The maximum absolute atomic E-state index is 12.2. The zero-order valence-corrected chi connectivity index (χ0v) is 12.1. The van der Waals surface area contributed by atoms with Crippen LogP contribution in [0.5, 0.6) is 0 Å². The van der Waals surface area contributed by atoms with Gasteiger partial charge in [0.25, 0.3) is 0 Å². The second kappa shape index (κ2) is 8.24. The van der Waals surface area contributed by atoms with E-state index in [-0.39, 0.29) is 18.9 Å². The summed E-state index contributed by atoms with van der Waals surface area (Å²) in [7, 11) is -3.30. The molecule has 0 radical (unpaired) electrons. The maximum atomic E-state index is 12.2. The fourth-order valence-corrected chi connectivity index (χ4v) is 3.28. The minimum atomic E-state index is -3.30. The number of sulfonamides is 1. The second-order valence-corrected chi connectivity index (χ2v) is 6.49. The number of pyridine rings is 1. The van der Waals surface area contributed by atoms with E-state index >= 15 is 0 Å². The highest BCUT2D eigenvalue weighted by Crippen LogP contribution is 2.07. The molecule has 108 valence electrons. The van der Waals surface area contributed by atoms with Crippen molar-refractivity contribution < 1.29 is 13.5 Å². The largest absolute Gasteiger partial charge is 0.395 e. The molecule has 0 saturated carbocycles. The van der Waals surface area contributed by atoms with Crippen molar-refractivity contribution in [2.75, 3.05) is 25.4 Å².